The molecule has 0 spiro atoms. The van der Waals surface area contributed by atoms with Crippen LogP contribution in [0.5, 0.6) is 11.5 Å². The third kappa shape index (κ3) is 6.13. The van der Waals surface area contributed by atoms with Crippen LogP contribution in [-0.4, -0.2) is 58.6 Å². The predicted molar refractivity (Wildman–Crippen MR) is 125 cm³/mol. The van der Waals surface area contributed by atoms with Gasteiger partial charge in [0, 0.05) is 36.8 Å². The number of carbonyl (C=O) groups excluding carboxylic acids is 1. The van der Waals surface area contributed by atoms with Crippen LogP contribution in [0, 0.1) is 0 Å². The molecule has 8 nitrogen and oxygen atoms in total. The molecule has 0 unspecified atom stereocenters. The Morgan fingerprint density at radius 2 is 1.72 bits per heavy atom. The van der Waals surface area contributed by atoms with Crippen molar-refractivity contribution in [3.05, 3.63) is 48.0 Å². The molecule has 2 aliphatic rings. The number of nitrogens with one attached hydrogen (secondary N) is 2. The van der Waals surface area contributed by atoms with Gasteiger partial charge in [-0.05, 0) is 56.3 Å². The van der Waals surface area contributed by atoms with Gasteiger partial charge >= 0.3 is 0 Å². The highest BCUT2D eigenvalue weighted by Crippen LogP contribution is 2.32. The summed E-state index contributed by atoms with van der Waals surface area (Å²) in [6, 6.07) is 11.2. The lowest BCUT2D eigenvalue weighted by atomic mass is 10.2. The average Bonchev–Trinajstić information content (AvgIpc) is 3.17. The molecule has 2 heterocycles. The van der Waals surface area contributed by atoms with Crippen molar-refractivity contribution in [1.82, 2.24) is 9.62 Å². The Morgan fingerprint density at radius 1 is 0.969 bits per heavy atom. The minimum atomic E-state index is -3.69. The standard InChI is InChI=1S/C22H27N3O5S.ClH/c26-22(24-18-7-8-20-21(16-18)30-14-4-13-29-20)17-5-3-6-19(15-17)31(27,28)23-9-12-25-10-1-2-11-25;/h3,5-8,15-16,23H,1-2,4,9-14H2,(H,24,26);1H. The SMILES string of the molecule is Cl.O=C(Nc1ccc2c(c1)OCCCO2)c1cccc(S(=O)(=O)NCCN2CCCC2)c1. The van der Waals surface area contributed by atoms with Crippen molar-refractivity contribution in [2.75, 3.05) is 44.7 Å². The van der Waals surface area contributed by atoms with Crippen molar-refractivity contribution < 1.29 is 22.7 Å². The Balaban J connectivity index is 0.00000289. The van der Waals surface area contributed by atoms with Gasteiger partial charge in [0.25, 0.3) is 5.91 Å². The fourth-order valence-electron chi connectivity index (χ4n) is 3.68. The van der Waals surface area contributed by atoms with Crippen molar-refractivity contribution >= 4 is 34.0 Å². The molecule has 1 saturated heterocycles. The number of halogens is 1. The Hall–Kier alpha value is -2.33. The second kappa shape index (κ2) is 11.0. The zero-order chi connectivity index (χ0) is 21.7. The second-order valence-electron chi connectivity index (χ2n) is 7.64. The van der Waals surface area contributed by atoms with E-state index in [9.17, 15) is 13.2 Å². The summed E-state index contributed by atoms with van der Waals surface area (Å²) in [5.41, 5.74) is 0.806. The van der Waals surface area contributed by atoms with Crippen molar-refractivity contribution in [3.63, 3.8) is 0 Å². The van der Waals surface area contributed by atoms with Gasteiger partial charge in [0.2, 0.25) is 10.0 Å². The van der Waals surface area contributed by atoms with E-state index in [-0.39, 0.29) is 22.9 Å². The van der Waals surface area contributed by atoms with Gasteiger partial charge in [-0.2, -0.15) is 0 Å². The number of sulfonamides is 1. The molecule has 1 fully saturated rings. The van der Waals surface area contributed by atoms with Crippen molar-refractivity contribution in [1.29, 1.82) is 0 Å². The van der Waals surface area contributed by atoms with E-state index in [4.69, 9.17) is 9.47 Å². The highest BCUT2D eigenvalue weighted by Gasteiger charge is 2.18. The minimum absolute atomic E-state index is 0. The summed E-state index contributed by atoms with van der Waals surface area (Å²) in [5, 5.41) is 2.79. The number of benzene rings is 2. The number of rotatable bonds is 7. The normalized spacial score (nSPS) is 16.1. The lowest BCUT2D eigenvalue weighted by Crippen LogP contribution is -2.33. The third-order valence-electron chi connectivity index (χ3n) is 5.33. The molecule has 10 heteroatoms. The molecule has 0 aromatic heterocycles. The van der Waals surface area contributed by atoms with Crippen LogP contribution >= 0.6 is 12.4 Å². The quantitative estimate of drug-likeness (QED) is 0.631. The van der Waals surface area contributed by atoms with Crippen molar-refractivity contribution in [2.45, 2.75) is 24.2 Å². The number of likely N-dealkylation sites (tertiary alicyclic amines) is 1. The van der Waals surface area contributed by atoms with Crippen LogP contribution in [0.15, 0.2) is 47.4 Å². The van der Waals surface area contributed by atoms with Gasteiger partial charge in [-0.1, -0.05) is 6.07 Å². The summed E-state index contributed by atoms with van der Waals surface area (Å²) in [7, 11) is -3.69. The highest BCUT2D eigenvalue weighted by atomic mass is 35.5. The molecule has 0 radical (unpaired) electrons. The smallest absolute Gasteiger partial charge is 0.255 e. The predicted octanol–water partition coefficient (Wildman–Crippen LogP) is 2.90. The number of hydrogen-bond acceptors (Lipinski definition) is 6. The van der Waals surface area contributed by atoms with Crippen LogP contribution in [0.25, 0.3) is 0 Å². The topological polar surface area (TPSA) is 97.0 Å². The van der Waals surface area contributed by atoms with Gasteiger partial charge in [-0.15, -0.1) is 12.4 Å². The van der Waals surface area contributed by atoms with Crippen LogP contribution in [-0.2, 0) is 10.0 Å². The Morgan fingerprint density at radius 3 is 2.50 bits per heavy atom. The molecule has 0 aliphatic carbocycles. The van der Waals surface area contributed by atoms with E-state index in [2.05, 4.69) is 14.9 Å². The van der Waals surface area contributed by atoms with Gasteiger partial charge in [0.05, 0.1) is 18.1 Å². The lowest BCUT2D eigenvalue weighted by molar-refractivity contribution is 0.102. The van der Waals surface area contributed by atoms with Gasteiger partial charge < -0.3 is 19.7 Å². The first-order valence-electron chi connectivity index (χ1n) is 10.5. The fraction of sp³-hybridized carbons (Fsp3) is 0.409. The molecule has 2 aromatic rings. The van der Waals surface area contributed by atoms with E-state index in [0.29, 0.717) is 43.5 Å². The number of anilines is 1. The van der Waals surface area contributed by atoms with E-state index >= 15 is 0 Å². The number of fused-ring (bicyclic) bond motifs is 1. The maximum absolute atomic E-state index is 12.7. The van der Waals surface area contributed by atoms with Crippen LogP contribution in [0.3, 0.4) is 0 Å². The Labute approximate surface area is 194 Å². The van der Waals surface area contributed by atoms with E-state index in [1.54, 1.807) is 30.3 Å². The van der Waals surface area contributed by atoms with Gasteiger partial charge in [-0.25, -0.2) is 13.1 Å². The molecular formula is C22H28ClN3O5S. The monoisotopic (exact) mass is 481 g/mol. The number of ether oxygens (including phenoxy) is 2. The molecule has 2 aliphatic heterocycles. The highest BCUT2D eigenvalue weighted by molar-refractivity contribution is 7.89. The maximum atomic E-state index is 12.7. The van der Waals surface area contributed by atoms with Gasteiger partial charge in [0.15, 0.2) is 11.5 Å². The number of hydrogen-bond donors (Lipinski definition) is 2. The van der Waals surface area contributed by atoms with Crippen molar-refractivity contribution in [3.8, 4) is 11.5 Å². The summed E-state index contributed by atoms with van der Waals surface area (Å²) in [6.07, 6.45) is 3.12. The van der Waals surface area contributed by atoms with Crippen LogP contribution < -0.4 is 19.5 Å². The van der Waals surface area contributed by atoms with Crippen LogP contribution in [0.4, 0.5) is 5.69 Å². The summed E-state index contributed by atoms with van der Waals surface area (Å²) < 4.78 is 39.2. The summed E-state index contributed by atoms with van der Waals surface area (Å²) in [4.78, 5) is 15.0. The zero-order valence-corrected chi connectivity index (χ0v) is 19.3. The van der Waals surface area contributed by atoms with Gasteiger partial charge in [0.1, 0.15) is 0 Å². The van der Waals surface area contributed by atoms with E-state index in [1.165, 1.54) is 12.1 Å². The lowest BCUT2D eigenvalue weighted by Gasteiger charge is -2.15. The molecule has 32 heavy (non-hydrogen) atoms. The minimum Gasteiger partial charge on any atom is -0.490 e. The van der Waals surface area contributed by atoms with E-state index < -0.39 is 15.9 Å². The summed E-state index contributed by atoms with van der Waals surface area (Å²) >= 11 is 0. The van der Waals surface area contributed by atoms with E-state index in [1.807, 2.05) is 0 Å². The molecule has 0 atom stereocenters. The van der Waals surface area contributed by atoms with Crippen LogP contribution in [0.2, 0.25) is 0 Å². The summed E-state index contributed by atoms with van der Waals surface area (Å²) in [6.45, 7) is 4.19. The first-order chi connectivity index (χ1) is 15.0. The third-order valence-corrected chi connectivity index (χ3v) is 6.79. The van der Waals surface area contributed by atoms with Crippen molar-refractivity contribution in [2.24, 2.45) is 0 Å². The molecule has 0 saturated carbocycles. The number of amides is 1. The second-order valence-corrected chi connectivity index (χ2v) is 9.41. The first kappa shape index (κ1) is 24.3. The van der Waals surface area contributed by atoms with Crippen LogP contribution in [0.1, 0.15) is 29.6 Å². The molecule has 2 aromatic carbocycles. The van der Waals surface area contributed by atoms with E-state index in [0.717, 1.165) is 32.4 Å². The number of carbonyl (C=O) groups is 1. The molecular weight excluding hydrogens is 454 g/mol. The maximum Gasteiger partial charge on any atom is 0.255 e. The average molecular weight is 482 g/mol. The molecule has 0 bridgehead atoms. The molecule has 4 rings (SSSR count). The molecule has 174 valence electrons. The zero-order valence-electron chi connectivity index (χ0n) is 17.7. The Kier molecular flexibility index (Phi) is 8.36. The Bertz CT molecular complexity index is 1040. The molecule has 1 amide bonds. The van der Waals surface area contributed by atoms with Gasteiger partial charge in [-0.3, -0.25) is 4.79 Å². The fourth-order valence-corrected chi connectivity index (χ4v) is 4.74. The largest absolute Gasteiger partial charge is 0.490 e. The number of nitrogens with zero attached hydrogens (tertiary/aromatic N) is 1. The first-order valence-corrected chi connectivity index (χ1v) is 12.0. The summed E-state index contributed by atoms with van der Waals surface area (Å²) in [5.74, 6) is 0.820. The molecule has 2 N–H and O–H groups in total.